The maximum Gasteiger partial charge on any atom is 0.343 e. The quantitative estimate of drug-likeness (QED) is 0.419. The van der Waals surface area contributed by atoms with Crippen LogP contribution in [0.1, 0.15) is 15.9 Å². The molecule has 4 aromatic rings. The summed E-state index contributed by atoms with van der Waals surface area (Å²) in [6.45, 7) is 1.80. The number of anilines is 1. The molecule has 0 spiro atoms. The van der Waals surface area contributed by atoms with Crippen LogP contribution in [-0.2, 0) is 9.53 Å². The number of carbonyl (C=O) groups is 2. The highest BCUT2D eigenvalue weighted by Gasteiger charge is 2.13. The molecule has 8 nitrogen and oxygen atoms in total. The number of amides is 1. The number of hydrogen-bond donors (Lipinski definition) is 1. The van der Waals surface area contributed by atoms with Crippen molar-refractivity contribution in [1.82, 2.24) is 10.2 Å². The van der Waals surface area contributed by atoms with Gasteiger partial charge >= 0.3 is 5.97 Å². The molecule has 4 rings (SSSR count). The van der Waals surface area contributed by atoms with E-state index in [0.717, 1.165) is 11.1 Å². The maximum atomic E-state index is 12.6. The normalized spacial score (nSPS) is 10.5. The summed E-state index contributed by atoms with van der Waals surface area (Å²) in [7, 11) is 1.29. The van der Waals surface area contributed by atoms with Crippen LogP contribution in [0.25, 0.3) is 22.9 Å². The van der Waals surface area contributed by atoms with Gasteiger partial charge < -0.3 is 19.2 Å². The standard InChI is InChI=1S/C25H21N3O5/c1-16-5-3-4-6-21(16)25-28-27-24(33-25)18-9-7-17(8-10-18)23(30)26-19-11-13-20(14-12-19)32-15-22(29)31-2/h3-14H,15H2,1-2H3,(H,26,30). The van der Waals surface area contributed by atoms with Gasteiger partial charge in [0.1, 0.15) is 5.75 Å². The summed E-state index contributed by atoms with van der Waals surface area (Å²) in [4.78, 5) is 23.7. The van der Waals surface area contributed by atoms with Crippen LogP contribution in [0.4, 0.5) is 5.69 Å². The van der Waals surface area contributed by atoms with Gasteiger partial charge in [0.05, 0.1) is 7.11 Å². The van der Waals surface area contributed by atoms with E-state index in [9.17, 15) is 9.59 Å². The van der Waals surface area contributed by atoms with E-state index in [2.05, 4.69) is 20.3 Å². The Morgan fingerprint density at radius 1 is 0.909 bits per heavy atom. The molecule has 33 heavy (non-hydrogen) atoms. The Bertz CT molecular complexity index is 1260. The molecule has 0 radical (unpaired) electrons. The fraction of sp³-hybridized carbons (Fsp3) is 0.120. The van der Waals surface area contributed by atoms with Gasteiger partial charge in [0, 0.05) is 22.4 Å². The molecule has 166 valence electrons. The third kappa shape index (κ3) is 5.24. The number of nitrogens with one attached hydrogen (secondary N) is 1. The van der Waals surface area contributed by atoms with Crippen LogP contribution in [0.5, 0.6) is 5.75 Å². The van der Waals surface area contributed by atoms with Crippen LogP contribution in [0.3, 0.4) is 0 Å². The molecule has 1 aromatic heterocycles. The number of ether oxygens (including phenoxy) is 2. The molecule has 3 aromatic carbocycles. The molecular weight excluding hydrogens is 422 g/mol. The first-order chi connectivity index (χ1) is 16.0. The van der Waals surface area contributed by atoms with Crippen molar-refractivity contribution < 1.29 is 23.5 Å². The number of benzene rings is 3. The Balaban J connectivity index is 1.40. The molecule has 0 saturated carbocycles. The second kappa shape index (κ2) is 9.78. The van der Waals surface area contributed by atoms with Crippen molar-refractivity contribution >= 4 is 17.6 Å². The smallest absolute Gasteiger partial charge is 0.343 e. The van der Waals surface area contributed by atoms with E-state index in [1.54, 1.807) is 48.5 Å². The number of rotatable bonds is 7. The second-order valence-corrected chi connectivity index (χ2v) is 7.15. The van der Waals surface area contributed by atoms with Crippen molar-refractivity contribution in [2.45, 2.75) is 6.92 Å². The van der Waals surface area contributed by atoms with Crippen molar-refractivity contribution in [1.29, 1.82) is 0 Å². The Morgan fingerprint density at radius 2 is 1.61 bits per heavy atom. The van der Waals surface area contributed by atoms with Crippen molar-refractivity contribution in [2.75, 3.05) is 19.0 Å². The SMILES string of the molecule is COC(=O)COc1ccc(NC(=O)c2ccc(-c3nnc(-c4ccccc4C)o3)cc2)cc1. The van der Waals surface area contributed by atoms with E-state index >= 15 is 0 Å². The summed E-state index contributed by atoms with van der Waals surface area (Å²) in [5, 5.41) is 11.1. The summed E-state index contributed by atoms with van der Waals surface area (Å²) in [5.74, 6) is 0.581. The third-order valence-electron chi connectivity index (χ3n) is 4.89. The molecule has 8 heteroatoms. The van der Waals surface area contributed by atoms with Gasteiger partial charge in [-0.25, -0.2) is 4.79 Å². The van der Waals surface area contributed by atoms with Crippen LogP contribution in [0.2, 0.25) is 0 Å². The fourth-order valence-corrected chi connectivity index (χ4v) is 3.06. The molecule has 0 aliphatic heterocycles. The molecule has 0 atom stereocenters. The predicted octanol–water partition coefficient (Wildman–Crippen LogP) is 4.52. The van der Waals surface area contributed by atoms with Crippen molar-refractivity contribution in [3.63, 3.8) is 0 Å². The largest absolute Gasteiger partial charge is 0.482 e. The topological polar surface area (TPSA) is 104 Å². The Kier molecular flexibility index (Phi) is 6.45. The Labute approximate surface area is 190 Å². The van der Waals surface area contributed by atoms with Crippen LogP contribution in [-0.4, -0.2) is 35.8 Å². The van der Waals surface area contributed by atoms with Crippen molar-refractivity contribution in [2.24, 2.45) is 0 Å². The van der Waals surface area contributed by atoms with Crippen LogP contribution in [0.15, 0.2) is 77.2 Å². The van der Waals surface area contributed by atoms with E-state index in [4.69, 9.17) is 9.15 Å². The first kappa shape index (κ1) is 21.8. The molecule has 0 fully saturated rings. The van der Waals surface area contributed by atoms with E-state index in [-0.39, 0.29) is 12.5 Å². The van der Waals surface area contributed by atoms with E-state index in [0.29, 0.717) is 34.3 Å². The third-order valence-corrected chi connectivity index (χ3v) is 4.89. The zero-order valence-corrected chi connectivity index (χ0v) is 18.1. The number of aromatic nitrogens is 2. The van der Waals surface area contributed by atoms with E-state index in [1.165, 1.54) is 7.11 Å². The van der Waals surface area contributed by atoms with E-state index < -0.39 is 5.97 Å². The van der Waals surface area contributed by atoms with Crippen molar-refractivity contribution in [3.8, 4) is 28.7 Å². The number of carbonyl (C=O) groups excluding carboxylic acids is 2. The van der Waals surface area contributed by atoms with Gasteiger partial charge in [0.2, 0.25) is 11.8 Å². The highest BCUT2D eigenvalue weighted by Crippen LogP contribution is 2.26. The van der Waals surface area contributed by atoms with Crippen LogP contribution in [0, 0.1) is 6.92 Å². The van der Waals surface area contributed by atoms with Gasteiger partial charge in [0.15, 0.2) is 6.61 Å². The molecule has 0 aliphatic carbocycles. The maximum absolute atomic E-state index is 12.6. The van der Waals surface area contributed by atoms with Crippen molar-refractivity contribution in [3.05, 3.63) is 83.9 Å². The number of hydrogen-bond acceptors (Lipinski definition) is 7. The summed E-state index contributed by atoms with van der Waals surface area (Å²) >= 11 is 0. The average Bonchev–Trinajstić information content (AvgIpc) is 3.34. The summed E-state index contributed by atoms with van der Waals surface area (Å²) in [5.41, 5.74) is 3.71. The monoisotopic (exact) mass is 443 g/mol. The number of methoxy groups -OCH3 is 1. The van der Waals surface area contributed by atoms with Gasteiger partial charge in [-0.1, -0.05) is 18.2 Å². The lowest BCUT2D eigenvalue weighted by Crippen LogP contribution is -2.13. The zero-order valence-electron chi connectivity index (χ0n) is 18.1. The minimum Gasteiger partial charge on any atom is -0.482 e. The van der Waals surface area contributed by atoms with Crippen LogP contribution >= 0.6 is 0 Å². The molecule has 1 amide bonds. The first-order valence-corrected chi connectivity index (χ1v) is 10.1. The minimum atomic E-state index is -0.470. The second-order valence-electron chi connectivity index (χ2n) is 7.15. The average molecular weight is 443 g/mol. The lowest BCUT2D eigenvalue weighted by Gasteiger charge is -2.08. The summed E-state index contributed by atoms with van der Waals surface area (Å²) < 4.78 is 15.6. The molecular formula is C25H21N3O5. The predicted molar refractivity (Wildman–Crippen MR) is 122 cm³/mol. The summed E-state index contributed by atoms with van der Waals surface area (Å²) in [6.07, 6.45) is 0. The number of aryl methyl sites for hydroxylation is 1. The Hall–Kier alpha value is -4.46. The molecule has 1 N–H and O–H groups in total. The summed E-state index contributed by atoms with van der Waals surface area (Å²) in [6, 6.07) is 21.4. The molecule has 0 bridgehead atoms. The lowest BCUT2D eigenvalue weighted by atomic mass is 10.1. The highest BCUT2D eigenvalue weighted by atomic mass is 16.6. The van der Waals surface area contributed by atoms with Gasteiger partial charge in [-0.15, -0.1) is 10.2 Å². The molecule has 0 saturated heterocycles. The lowest BCUT2D eigenvalue weighted by molar-refractivity contribution is -0.142. The molecule has 0 unspecified atom stereocenters. The number of nitrogens with zero attached hydrogens (tertiary/aromatic N) is 2. The highest BCUT2D eigenvalue weighted by molar-refractivity contribution is 6.04. The Morgan fingerprint density at radius 3 is 2.30 bits per heavy atom. The molecule has 0 aliphatic rings. The van der Waals surface area contributed by atoms with Crippen LogP contribution < -0.4 is 10.1 Å². The minimum absolute atomic E-state index is 0.180. The van der Waals surface area contributed by atoms with E-state index in [1.807, 2.05) is 31.2 Å². The van der Waals surface area contributed by atoms with Gasteiger partial charge in [-0.05, 0) is 67.1 Å². The zero-order chi connectivity index (χ0) is 23.2. The number of esters is 1. The molecule has 1 heterocycles. The van der Waals surface area contributed by atoms with Gasteiger partial charge in [-0.3, -0.25) is 4.79 Å². The van der Waals surface area contributed by atoms with Gasteiger partial charge in [0.25, 0.3) is 5.91 Å². The first-order valence-electron chi connectivity index (χ1n) is 10.1. The fourth-order valence-electron chi connectivity index (χ4n) is 3.06. The van der Waals surface area contributed by atoms with Gasteiger partial charge in [-0.2, -0.15) is 0 Å².